The first-order valence-corrected chi connectivity index (χ1v) is 15.6. The first kappa shape index (κ1) is 26.1. The van der Waals surface area contributed by atoms with E-state index in [1.807, 2.05) is 6.20 Å². The lowest BCUT2D eigenvalue weighted by Crippen LogP contribution is -2.10. The summed E-state index contributed by atoms with van der Waals surface area (Å²) in [6, 6.07) is 58.4. The monoisotopic (exact) mass is 580 g/mol. The molecule has 0 fully saturated rings. The minimum atomic E-state index is 1.05. The van der Waals surface area contributed by atoms with Crippen LogP contribution in [0.2, 0.25) is 0 Å². The highest BCUT2D eigenvalue weighted by Crippen LogP contribution is 2.44. The van der Waals surface area contributed by atoms with Gasteiger partial charge in [-0.3, -0.25) is 0 Å². The largest absolute Gasteiger partial charge is 0.310 e. The average molecular weight is 581 g/mol. The normalized spacial score (nSPS) is 11.2. The van der Waals surface area contributed by atoms with E-state index in [9.17, 15) is 0 Å². The summed E-state index contributed by atoms with van der Waals surface area (Å²) in [5.74, 6) is 0. The molecule has 0 bridgehead atoms. The molecule has 0 amide bonds. The Morgan fingerprint density at radius 3 is 1.36 bits per heavy atom. The molecule has 0 saturated heterocycles. The maximum Gasteiger partial charge on any atom is 0.126 e. The highest BCUT2D eigenvalue weighted by Gasteiger charge is 2.19. The summed E-state index contributed by atoms with van der Waals surface area (Å²) in [4.78, 5) is 8.18. The van der Waals surface area contributed by atoms with E-state index in [1.165, 1.54) is 48.9 Å². The second-order valence-corrected chi connectivity index (χ2v) is 11.9. The summed E-state index contributed by atoms with van der Waals surface area (Å²) < 4.78 is 1.25. The fourth-order valence-electron chi connectivity index (χ4n) is 5.97. The van der Waals surface area contributed by atoms with Crippen molar-refractivity contribution in [3.63, 3.8) is 0 Å². The first-order valence-electron chi connectivity index (χ1n) is 14.8. The summed E-state index contributed by atoms with van der Waals surface area (Å²) in [5.41, 5.74) is 10.6. The van der Waals surface area contributed by atoms with Crippen LogP contribution in [-0.2, 0) is 0 Å². The van der Waals surface area contributed by atoms with Crippen molar-refractivity contribution in [3.05, 3.63) is 170 Å². The predicted molar refractivity (Wildman–Crippen MR) is 188 cm³/mol. The second kappa shape index (κ2) is 11.3. The van der Waals surface area contributed by atoms with Gasteiger partial charge in [0.25, 0.3) is 0 Å². The van der Waals surface area contributed by atoms with Gasteiger partial charge in [0.1, 0.15) is 4.83 Å². The zero-order valence-corrected chi connectivity index (χ0v) is 24.8. The molecular formula is C41H28N2S. The summed E-state index contributed by atoms with van der Waals surface area (Å²) >= 11 is 1.74. The lowest BCUT2D eigenvalue weighted by molar-refractivity contribution is 1.29. The number of thiophene rings is 1. The fraction of sp³-hybridized carbons (Fsp3) is 0. The molecule has 0 radical (unpaired) electrons. The Kier molecular flexibility index (Phi) is 6.71. The van der Waals surface area contributed by atoms with E-state index >= 15 is 0 Å². The zero-order chi connectivity index (χ0) is 29.3. The Bertz CT molecular complexity index is 2180. The first-order chi connectivity index (χ1) is 21.8. The van der Waals surface area contributed by atoms with Crippen molar-refractivity contribution in [1.29, 1.82) is 0 Å². The molecule has 44 heavy (non-hydrogen) atoms. The number of fused-ring (bicyclic) bond motifs is 3. The molecule has 8 rings (SSSR count). The van der Waals surface area contributed by atoms with Crippen LogP contribution in [-0.4, -0.2) is 4.98 Å². The molecule has 2 heterocycles. The maximum absolute atomic E-state index is 4.78. The number of anilines is 3. The molecule has 6 aromatic carbocycles. The highest BCUT2D eigenvalue weighted by atomic mass is 32.1. The van der Waals surface area contributed by atoms with Crippen LogP contribution in [0, 0.1) is 0 Å². The maximum atomic E-state index is 4.78. The Morgan fingerprint density at radius 1 is 0.409 bits per heavy atom. The number of hydrogen-bond acceptors (Lipinski definition) is 3. The number of aromatic nitrogens is 1. The number of nitrogens with zero attached hydrogens (tertiary/aromatic N) is 2. The van der Waals surface area contributed by atoms with Gasteiger partial charge in [-0.1, -0.05) is 127 Å². The van der Waals surface area contributed by atoms with E-state index in [4.69, 9.17) is 4.98 Å². The second-order valence-electron chi connectivity index (χ2n) is 10.8. The number of hydrogen-bond donors (Lipinski definition) is 0. The van der Waals surface area contributed by atoms with E-state index < -0.39 is 0 Å². The third-order valence-corrected chi connectivity index (χ3v) is 9.26. The topological polar surface area (TPSA) is 16.1 Å². The average Bonchev–Trinajstić information content (AvgIpc) is 3.49. The molecule has 2 aromatic heterocycles. The molecule has 0 unspecified atom stereocenters. The van der Waals surface area contributed by atoms with Crippen LogP contribution in [0.25, 0.3) is 53.7 Å². The molecule has 208 valence electrons. The minimum absolute atomic E-state index is 1.05. The van der Waals surface area contributed by atoms with Crippen LogP contribution < -0.4 is 4.90 Å². The molecule has 3 heteroatoms. The van der Waals surface area contributed by atoms with Crippen molar-refractivity contribution in [2.75, 3.05) is 4.90 Å². The molecule has 0 saturated carbocycles. The van der Waals surface area contributed by atoms with Gasteiger partial charge in [-0.2, -0.15) is 0 Å². The van der Waals surface area contributed by atoms with E-state index in [-0.39, 0.29) is 0 Å². The van der Waals surface area contributed by atoms with Crippen LogP contribution in [0.5, 0.6) is 0 Å². The van der Waals surface area contributed by atoms with Crippen LogP contribution >= 0.6 is 11.3 Å². The molecule has 2 nitrogen and oxygen atoms in total. The van der Waals surface area contributed by atoms with E-state index in [0.717, 1.165) is 21.9 Å². The van der Waals surface area contributed by atoms with Crippen molar-refractivity contribution in [1.82, 2.24) is 4.98 Å². The van der Waals surface area contributed by atoms with E-state index in [0.29, 0.717) is 0 Å². The third kappa shape index (κ3) is 4.84. The van der Waals surface area contributed by atoms with Gasteiger partial charge in [0.15, 0.2) is 0 Å². The van der Waals surface area contributed by atoms with Gasteiger partial charge in [-0.15, -0.1) is 11.3 Å². The summed E-state index contributed by atoms with van der Waals surface area (Å²) in [7, 11) is 0. The minimum Gasteiger partial charge on any atom is -0.310 e. The Hall–Kier alpha value is -5.51. The quantitative estimate of drug-likeness (QED) is 0.194. The molecule has 0 spiro atoms. The smallest absolute Gasteiger partial charge is 0.126 e. The number of rotatable bonds is 6. The zero-order valence-electron chi connectivity index (χ0n) is 24.0. The molecule has 0 aliphatic heterocycles. The van der Waals surface area contributed by atoms with Gasteiger partial charge in [0.05, 0.1) is 5.69 Å². The van der Waals surface area contributed by atoms with Gasteiger partial charge < -0.3 is 4.90 Å². The lowest BCUT2D eigenvalue weighted by atomic mass is 10.00. The van der Waals surface area contributed by atoms with Crippen LogP contribution in [0.3, 0.4) is 0 Å². The summed E-state index contributed by atoms with van der Waals surface area (Å²) in [6.45, 7) is 0. The third-order valence-electron chi connectivity index (χ3n) is 8.18. The van der Waals surface area contributed by atoms with Crippen molar-refractivity contribution >= 4 is 48.7 Å². The highest BCUT2D eigenvalue weighted by molar-refractivity contribution is 7.25. The summed E-state index contributed by atoms with van der Waals surface area (Å²) in [6.07, 6.45) is 1.93. The molecular weight excluding hydrogens is 553 g/mol. The SMILES string of the molecule is c1ccc(-c2ccc(-c3ccc(N(c4ccc(-c5ccccc5)cc4)c4ccnc5sc6ccccc6c45)cc3)cc2)cc1. The Morgan fingerprint density at radius 2 is 0.841 bits per heavy atom. The van der Waals surface area contributed by atoms with Crippen molar-refractivity contribution in [2.45, 2.75) is 0 Å². The fourth-order valence-corrected chi connectivity index (χ4v) is 7.03. The van der Waals surface area contributed by atoms with Crippen molar-refractivity contribution < 1.29 is 0 Å². The van der Waals surface area contributed by atoms with E-state index in [1.54, 1.807) is 11.3 Å². The van der Waals surface area contributed by atoms with Gasteiger partial charge in [0.2, 0.25) is 0 Å². The lowest BCUT2D eigenvalue weighted by Gasteiger charge is -2.26. The molecule has 0 N–H and O–H groups in total. The number of pyridine rings is 1. The molecule has 8 aromatic rings. The summed E-state index contributed by atoms with van der Waals surface area (Å²) in [5, 5.41) is 2.41. The Labute approximate surface area is 261 Å². The van der Waals surface area contributed by atoms with Crippen molar-refractivity contribution in [2.24, 2.45) is 0 Å². The van der Waals surface area contributed by atoms with Gasteiger partial charge in [-0.25, -0.2) is 4.98 Å². The molecule has 0 aliphatic carbocycles. The standard InChI is InChI=1S/C41H28N2S/c1-3-9-29(10-4-1)31-15-17-32(18-16-31)34-21-25-36(26-22-34)43(35-23-19-33(20-24-35)30-11-5-2-6-12-30)38-27-28-42-41-40(38)37-13-7-8-14-39(37)44-41/h1-28H. The van der Waals surface area contributed by atoms with E-state index in [2.05, 4.69) is 169 Å². The van der Waals surface area contributed by atoms with Crippen LogP contribution in [0.4, 0.5) is 17.1 Å². The van der Waals surface area contributed by atoms with Gasteiger partial charge in [-0.05, 0) is 69.8 Å². The van der Waals surface area contributed by atoms with Gasteiger partial charge in [0, 0.05) is 33.0 Å². The Balaban J connectivity index is 1.22. The predicted octanol–water partition coefficient (Wildman–Crippen LogP) is 11.9. The van der Waals surface area contributed by atoms with Gasteiger partial charge >= 0.3 is 0 Å². The van der Waals surface area contributed by atoms with Crippen molar-refractivity contribution in [3.8, 4) is 33.4 Å². The van der Waals surface area contributed by atoms with Crippen LogP contribution in [0.1, 0.15) is 0 Å². The molecule has 0 atom stereocenters. The number of benzene rings is 6. The molecule has 0 aliphatic rings. The van der Waals surface area contributed by atoms with Crippen LogP contribution in [0.15, 0.2) is 170 Å².